The largest absolute Gasteiger partial charge is 0.487 e. The first kappa shape index (κ1) is 23.9. The number of anilines is 1. The molecule has 32 heavy (non-hydrogen) atoms. The Morgan fingerprint density at radius 2 is 1.84 bits per heavy atom. The number of urea groups is 1. The Bertz CT molecular complexity index is 1160. The van der Waals surface area contributed by atoms with E-state index in [1.807, 2.05) is 43.3 Å². The number of para-hydroxylation sites is 1. The van der Waals surface area contributed by atoms with Crippen molar-refractivity contribution in [2.45, 2.75) is 13.5 Å². The predicted molar refractivity (Wildman–Crippen MR) is 140 cm³/mol. The Balaban J connectivity index is 1.61. The lowest BCUT2D eigenvalue weighted by atomic mass is 10.2. The van der Waals surface area contributed by atoms with Gasteiger partial charge in [0.2, 0.25) is 0 Å². The molecule has 10 heteroatoms. The van der Waals surface area contributed by atoms with Gasteiger partial charge in [0.25, 0.3) is 5.69 Å². The van der Waals surface area contributed by atoms with E-state index in [1.54, 1.807) is 18.3 Å². The van der Waals surface area contributed by atoms with Gasteiger partial charge in [-0.25, -0.2) is 10.2 Å². The number of non-ortho nitro benzene ring substituents is 1. The molecule has 0 aromatic heterocycles. The highest BCUT2D eigenvalue weighted by atomic mass is 127. The fraction of sp³-hybridized carbons (Fsp3) is 0.0909. The van der Waals surface area contributed by atoms with Crippen molar-refractivity contribution in [2.75, 3.05) is 5.32 Å². The molecular weight excluding hydrogens is 638 g/mol. The highest BCUT2D eigenvalue weighted by molar-refractivity contribution is 14.1. The van der Waals surface area contributed by atoms with Gasteiger partial charge in [0, 0.05) is 17.8 Å². The molecule has 3 aromatic carbocycles. The van der Waals surface area contributed by atoms with Gasteiger partial charge < -0.3 is 10.1 Å². The van der Waals surface area contributed by atoms with Gasteiger partial charge >= 0.3 is 6.03 Å². The van der Waals surface area contributed by atoms with E-state index in [9.17, 15) is 14.9 Å². The number of ether oxygens (including phenoxy) is 1. The van der Waals surface area contributed by atoms with Gasteiger partial charge in [-0.2, -0.15) is 5.10 Å². The zero-order valence-corrected chi connectivity index (χ0v) is 21.2. The molecule has 0 heterocycles. The highest BCUT2D eigenvalue weighted by Gasteiger charge is 2.11. The Hall–Kier alpha value is -2.74. The summed E-state index contributed by atoms with van der Waals surface area (Å²) in [5.41, 5.74) is 5.65. The van der Waals surface area contributed by atoms with Crippen LogP contribution >= 0.6 is 45.2 Å². The van der Waals surface area contributed by atoms with E-state index in [0.717, 1.165) is 24.0 Å². The summed E-state index contributed by atoms with van der Waals surface area (Å²) in [5, 5.41) is 17.7. The van der Waals surface area contributed by atoms with Gasteiger partial charge in [-0.3, -0.25) is 10.1 Å². The van der Waals surface area contributed by atoms with Gasteiger partial charge in [-0.15, -0.1) is 0 Å². The predicted octanol–water partition coefficient (Wildman–Crippen LogP) is 5.85. The molecule has 0 atom stereocenters. The molecule has 0 saturated carbocycles. The number of amides is 2. The molecule has 8 nitrogen and oxygen atoms in total. The fourth-order valence-corrected chi connectivity index (χ4v) is 4.86. The number of hydrogen-bond acceptors (Lipinski definition) is 5. The number of hydrogen-bond donors (Lipinski definition) is 2. The summed E-state index contributed by atoms with van der Waals surface area (Å²) >= 11 is 4.31. The van der Waals surface area contributed by atoms with Crippen LogP contribution in [0.2, 0.25) is 0 Å². The molecular formula is C22H18I2N4O4. The second-order valence-corrected chi connectivity index (χ2v) is 8.99. The summed E-state index contributed by atoms with van der Waals surface area (Å²) in [5.74, 6) is 0.681. The normalized spacial score (nSPS) is 10.7. The van der Waals surface area contributed by atoms with Crippen molar-refractivity contribution in [3.8, 4) is 5.75 Å². The molecule has 0 bridgehead atoms. The van der Waals surface area contributed by atoms with Crippen LogP contribution in [0.5, 0.6) is 5.75 Å². The van der Waals surface area contributed by atoms with Crippen molar-refractivity contribution in [1.29, 1.82) is 0 Å². The SMILES string of the molecule is Cc1ccccc1NC(=O)NN=Cc1cc(I)c(OCc2cccc([N+](=O)[O-])c2)c(I)c1. The molecule has 0 fully saturated rings. The number of halogens is 2. The third-order valence-electron chi connectivity index (χ3n) is 4.30. The minimum absolute atomic E-state index is 0.0287. The van der Waals surface area contributed by atoms with Gasteiger partial charge in [0.15, 0.2) is 0 Å². The Morgan fingerprint density at radius 1 is 1.12 bits per heavy atom. The number of carbonyl (C=O) groups is 1. The molecule has 0 aliphatic heterocycles. The second-order valence-electron chi connectivity index (χ2n) is 6.67. The minimum Gasteiger partial charge on any atom is -0.487 e. The number of benzene rings is 3. The first-order valence-corrected chi connectivity index (χ1v) is 11.5. The standard InChI is InChI=1S/C22H18I2N4O4/c1-14-5-2-3-8-20(14)26-22(29)27-25-12-16-10-18(23)21(19(24)11-16)32-13-15-6-4-7-17(9-15)28(30)31/h2-12H,13H2,1H3,(H2,26,27,29). The van der Waals surface area contributed by atoms with E-state index < -0.39 is 11.0 Å². The molecule has 3 rings (SSSR count). The number of nitrogens with one attached hydrogen (secondary N) is 2. The summed E-state index contributed by atoms with van der Waals surface area (Å²) in [6.45, 7) is 2.12. The van der Waals surface area contributed by atoms with Gasteiger partial charge in [0.05, 0.1) is 18.3 Å². The summed E-state index contributed by atoms with van der Waals surface area (Å²) < 4.78 is 7.61. The number of nitro benzene ring substituents is 1. The summed E-state index contributed by atoms with van der Waals surface area (Å²) in [6.07, 6.45) is 1.55. The molecule has 2 amide bonds. The van der Waals surface area contributed by atoms with Crippen LogP contribution in [0.15, 0.2) is 65.8 Å². The van der Waals surface area contributed by atoms with Gasteiger partial charge in [-0.1, -0.05) is 30.3 Å². The lowest BCUT2D eigenvalue weighted by Gasteiger charge is -2.11. The lowest BCUT2D eigenvalue weighted by Crippen LogP contribution is -2.24. The zero-order chi connectivity index (χ0) is 23.1. The smallest absolute Gasteiger partial charge is 0.339 e. The average Bonchev–Trinajstić information content (AvgIpc) is 2.75. The molecule has 0 radical (unpaired) electrons. The zero-order valence-electron chi connectivity index (χ0n) is 16.8. The molecule has 3 aromatic rings. The quantitative estimate of drug-likeness (QED) is 0.144. The van der Waals surface area contributed by atoms with Crippen LogP contribution in [0.4, 0.5) is 16.2 Å². The van der Waals surface area contributed by atoms with Crippen molar-refractivity contribution in [3.05, 3.63) is 94.6 Å². The highest BCUT2D eigenvalue weighted by Crippen LogP contribution is 2.29. The molecule has 0 spiro atoms. The topological polar surface area (TPSA) is 106 Å². The van der Waals surface area contributed by atoms with Crippen LogP contribution in [0.25, 0.3) is 0 Å². The molecule has 0 saturated heterocycles. The molecule has 164 valence electrons. The molecule has 2 N–H and O–H groups in total. The fourth-order valence-electron chi connectivity index (χ4n) is 2.74. The molecule has 0 aliphatic carbocycles. The molecule has 0 unspecified atom stereocenters. The number of hydrazone groups is 1. The summed E-state index contributed by atoms with van der Waals surface area (Å²) in [4.78, 5) is 22.5. The first-order valence-electron chi connectivity index (χ1n) is 9.34. The van der Waals surface area contributed by atoms with Crippen molar-refractivity contribution >= 4 is 68.8 Å². The third kappa shape index (κ3) is 6.63. The maximum atomic E-state index is 12.0. The van der Waals surface area contributed by atoms with Crippen LogP contribution in [-0.2, 0) is 6.61 Å². The number of nitro groups is 1. The van der Waals surface area contributed by atoms with Crippen LogP contribution in [-0.4, -0.2) is 17.2 Å². The van der Waals surface area contributed by atoms with Crippen LogP contribution in [0, 0.1) is 24.2 Å². The van der Waals surface area contributed by atoms with E-state index >= 15 is 0 Å². The third-order valence-corrected chi connectivity index (χ3v) is 5.90. The van der Waals surface area contributed by atoms with E-state index in [-0.39, 0.29) is 12.3 Å². The Labute approximate surface area is 211 Å². The number of nitrogens with zero attached hydrogens (tertiary/aromatic N) is 2. The summed E-state index contributed by atoms with van der Waals surface area (Å²) in [6, 6.07) is 17.1. The first-order chi connectivity index (χ1) is 15.3. The van der Waals surface area contributed by atoms with Gasteiger partial charge in [-0.05, 0) is 87.0 Å². The monoisotopic (exact) mass is 656 g/mol. The van der Waals surface area contributed by atoms with Crippen molar-refractivity contribution in [1.82, 2.24) is 5.43 Å². The maximum Gasteiger partial charge on any atom is 0.339 e. The van der Waals surface area contributed by atoms with Crippen LogP contribution in [0.1, 0.15) is 16.7 Å². The van der Waals surface area contributed by atoms with Gasteiger partial charge in [0.1, 0.15) is 12.4 Å². The van der Waals surface area contributed by atoms with Crippen molar-refractivity contribution in [2.24, 2.45) is 5.10 Å². The second kappa shape index (κ2) is 11.2. The van der Waals surface area contributed by atoms with E-state index in [2.05, 4.69) is 61.0 Å². The van der Waals surface area contributed by atoms with Crippen LogP contribution in [0.3, 0.4) is 0 Å². The summed E-state index contributed by atoms with van der Waals surface area (Å²) in [7, 11) is 0. The Morgan fingerprint density at radius 3 is 2.53 bits per heavy atom. The average molecular weight is 656 g/mol. The van der Waals surface area contributed by atoms with Crippen molar-refractivity contribution < 1.29 is 14.5 Å². The minimum atomic E-state index is -0.433. The number of aryl methyl sites for hydroxylation is 1. The lowest BCUT2D eigenvalue weighted by molar-refractivity contribution is -0.384. The van der Waals surface area contributed by atoms with Crippen LogP contribution < -0.4 is 15.5 Å². The molecule has 0 aliphatic rings. The van der Waals surface area contributed by atoms with E-state index in [0.29, 0.717) is 11.3 Å². The Kier molecular flexibility index (Phi) is 8.39. The maximum absolute atomic E-state index is 12.0. The van der Waals surface area contributed by atoms with E-state index in [1.165, 1.54) is 12.1 Å². The van der Waals surface area contributed by atoms with E-state index in [4.69, 9.17) is 4.74 Å². The van der Waals surface area contributed by atoms with Crippen molar-refractivity contribution in [3.63, 3.8) is 0 Å². The number of carbonyl (C=O) groups excluding carboxylic acids is 1. The number of rotatable bonds is 7.